The van der Waals surface area contributed by atoms with E-state index in [-0.39, 0.29) is 0 Å². The summed E-state index contributed by atoms with van der Waals surface area (Å²) in [7, 11) is 0. The van der Waals surface area contributed by atoms with Crippen LogP contribution in [-0.2, 0) is 0 Å². The molecule has 0 amide bonds. The lowest BCUT2D eigenvalue weighted by molar-refractivity contribution is 0.102. The second-order valence-electron chi connectivity index (χ2n) is 2.98. The van der Waals surface area contributed by atoms with Crippen molar-refractivity contribution in [2.75, 3.05) is 0 Å². The van der Waals surface area contributed by atoms with Gasteiger partial charge in [-0.2, -0.15) is 5.26 Å². The first-order valence-electron chi connectivity index (χ1n) is 3.95. The number of nitriles is 1. The van der Waals surface area contributed by atoms with Crippen molar-refractivity contribution in [3.05, 3.63) is 23.8 Å². The average molecular weight is 165 g/mol. The SMILES string of the molecule is C/C=C(\C)[C@](C)(O)C/C=C\C#N. The third-order valence-corrected chi connectivity index (χ3v) is 1.99. The number of aliphatic hydroxyl groups is 1. The van der Waals surface area contributed by atoms with Crippen molar-refractivity contribution in [1.29, 1.82) is 5.26 Å². The zero-order valence-corrected chi connectivity index (χ0v) is 7.83. The lowest BCUT2D eigenvalue weighted by atomic mass is 9.93. The Morgan fingerprint density at radius 3 is 2.67 bits per heavy atom. The Hall–Kier alpha value is -1.07. The van der Waals surface area contributed by atoms with Crippen LogP contribution in [0.5, 0.6) is 0 Å². The van der Waals surface area contributed by atoms with Crippen molar-refractivity contribution in [2.24, 2.45) is 0 Å². The molecule has 0 saturated heterocycles. The molecule has 0 radical (unpaired) electrons. The van der Waals surface area contributed by atoms with E-state index < -0.39 is 5.60 Å². The second-order valence-corrected chi connectivity index (χ2v) is 2.98. The number of allylic oxidation sites excluding steroid dienone is 2. The van der Waals surface area contributed by atoms with Gasteiger partial charge in [0.1, 0.15) is 0 Å². The zero-order valence-electron chi connectivity index (χ0n) is 7.83. The molecule has 0 aliphatic carbocycles. The molecule has 0 unspecified atom stereocenters. The maximum Gasteiger partial charge on any atom is 0.0908 e. The normalized spacial score (nSPS) is 17.4. The first-order chi connectivity index (χ1) is 5.54. The Kier molecular flexibility index (Phi) is 4.31. The molecule has 2 heteroatoms. The molecule has 0 spiro atoms. The Labute approximate surface area is 73.8 Å². The van der Waals surface area contributed by atoms with Crippen molar-refractivity contribution < 1.29 is 5.11 Å². The largest absolute Gasteiger partial charge is 0.385 e. The summed E-state index contributed by atoms with van der Waals surface area (Å²) in [4.78, 5) is 0. The van der Waals surface area contributed by atoms with Gasteiger partial charge in [-0.1, -0.05) is 12.2 Å². The minimum Gasteiger partial charge on any atom is -0.385 e. The molecule has 66 valence electrons. The van der Waals surface area contributed by atoms with Gasteiger partial charge in [0, 0.05) is 6.08 Å². The van der Waals surface area contributed by atoms with Gasteiger partial charge in [-0.05, 0) is 32.8 Å². The molecule has 12 heavy (non-hydrogen) atoms. The topological polar surface area (TPSA) is 44.0 Å². The van der Waals surface area contributed by atoms with Crippen LogP contribution < -0.4 is 0 Å². The fourth-order valence-electron chi connectivity index (χ4n) is 0.813. The van der Waals surface area contributed by atoms with Gasteiger partial charge >= 0.3 is 0 Å². The Balaban J connectivity index is 4.25. The molecule has 0 aliphatic heterocycles. The molecule has 0 saturated carbocycles. The van der Waals surface area contributed by atoms with E-state index in [0.29, 0.717) is 6.42 Å². The van der Waals surface area contributed by atoms with E-state index >= 15 is 0 Å². The molecule has 2 nitrogen and oxygen atoms in total. The second kappa shape index (κ2) is 4.74. The molecule has 1 atom stereocenters. The first-order valence-corrected chi connectivity index (χ1v) is 3.95. The number of nitrogens with zero attached hydrogens (tertiary/aromatic N) is 1. The van der Waals surface area contributed by atoms with Crippen molar-refractivity contribution in [1.82, 2.24) is 0 Å². The smallest absolute Gasteiger partial charge is 0.0908 e. The highest BCUT2D eigenvalue weighted by molar-refractivity contribution is 5.15. The van der Waals surface area contributed by atoms with Gasteiger partial charge in [-0.3, -0.25) is 0 Å². The van der Waals surface area contributed by atoms with Crippen molar-refractivity contribution in [3.8, 4) is 6.07 Å². The van der Waals surface area contributed by atoms with Gasteiger partial charge in [0.2, 0.25) is 0 Å². The van der Waals surface area contributed by atoms with E-state index in [9.17, 15) is 5.11 Å². The van der Waals surface area contributed by atoms with Crippen molar-refractivity contribution in [2.45, 2.75) is 32.8 Å². The maximum atomic E-state index is 9.78. The lowest BCUT2D eigenvalue weighted by Crippen LogP contribution is -2.24. The summed E-state index contributed by atoms with van der Waals surface area (Å²) in [6, 6.07) is 1.89. The zero-order chi connectivity index (χ0) is 9.61. The molecule has 1 N–H and O–H groups in total. The van der Waals surface area contributed by atoms with E-state index in [1.54, 1.807) is 13.0 Å². The standard InChI is InChI=1S/C10H15NO/c1-4-9(2)10(3,12)7-5-6-8-11/h4-6,12H,7H2,1-3H3/b6-5-,9-4+/t10-/m1/s1. The monoisotopic (exact) mass is 165 g/mol. The van der Waals surface area contributed by atoms with Crippen molar-refractivity contribution in [3.63, 3.8) is 0 Å². The van der Waals surface area contributed by atoms with E-state index in [0.717, 1.165) is 5.57 Å². The number of hydrogen-bond donors (Lipinski definition) is 1. The van der Waals surface area contributed by atoms with Crippen LogP contribution in [0.15, 0.2) is 23.8 Å². The fourth-order valence-corrected chi connectivity index (χ4v) is 0.813. The first kappa shape index (κ1) is 10.9. The van der Waals surface area contributed by atoms with E-state index in [1.165, 1.54) is 6.08 Å². The molecule has 0 aromatic rings. The summed E-state index contributed by atoms with van der Waals surface area (Å²) >= 11 is 0. The summed E-state index contributed by atoms with van der Waals surface area (Å²) in [5, 5.41) is 18.0. The van der Waals surface area contributed by atoms with Crippen LogP contribution in [0.1, 0.15) is 27.2 Å². The molecule has 0 rings (SSSR count). The van der Waals surface area contributed by atoms with Gasteiger partial charge in [0.15, 0.2) is 0 Å². The minimum atomic E-state index is -0.817. The highest BCUT2D eigenvalue weighted by Gasteiger charge is 2.19. The number of hydrogen-bond acceptors (Lipinski definition) is 2. The van der Waals surface area contributed by atoms with Crippen LogP contribution in [0.25, 0.3) is 0 Å². The lowest BCUT2D eigenvalue weighted by Gasteiger charge is -2.22. The van der Waals surface area contributed by atoms with Crippen LogP contribution in [-0.4, -0.2) is 10.7 Å². The molecule has 0 aromatic carbocycles. The van der Waals surface area contributed by atoms with Gasteiger partial charge in [0.25, 0.3) is 0 Å². The molecule has 0 fully saturated rings. The van der Waals surface area contributed by atoms with Crippen LogP contribution >= 0.6 is 0 Å². The van der Waals surface area contributed by atoms with Crippen LogP contribution in [0.3, 0.4) is 0 Å². The predicted molar refractivity (Wildman–Crippen MR) is 49.4 cm³/mol. The van der Waals surface area contributed by atoms with Gasteiger partial charge in [0.05, 0.1) is 11.7 Å². The van der Waals surface area contributed by atoms with E-state index in [4.69, 9.17) is 5.26 Å². The molecule has 0 aromatic heterocycles. The van der Waals surface area contributed by atoms with E-state index in [1.807, 2.05) is 26.0 Å². The summed E-state index contributed by atoms with van der Waals surface area (Å²) in [5.74, 6) is 0. The third kappa shape index (κ3) is 3.36. The van der Waals surface area contributed by atoms with Gasteiger partial charge in [-0.15, -0.1) is 0 Å². The molecule has 0 bridgehead atoms. The highest BCUT2D eigenvalue weighted by atomic mass is 16.3. The molecule has 0 heterocycles. The van der Waals surface area contributed by atoms with E-state index in [2.05, 4.69) is 0 Å². The number of rotatable bonds is 3. The Bertz CT molecular complexity index is 231. The summed E-state index contributed by atoms with van der Waals surface area (Å²) in [6.07, 6.45) is 5.42. The molecule has 0 aliphatic rings. The third-order valence-electron chi connectivity index (χ3n) is 1.99. The van der Waals surface area contributed by atoms with Crippen LogP contribution in [0.4, 0.5) is 0 Å². The maximum absolute atomic E-state index is 9.78. The summed E-state index contributed by atoms with van der Waals surface area (Å²) in [5.41, 5.74) is 0.104. The Morgan fingerprint density at radius 2 is 2.25 bits per heavy atom. The summed E-state index contributed by atoms with van der Waals surface area (Å²) in [6.45, 7) is 5.50. The summed E-state index contributed by atoms with van der Waals surface area (Å²) < 4.78 is 0. The minimum absolute atomic E-state index is 0.483. The predicted octanol–water partition coefficient (Wildman–Crippen LogP) is 2.17. The highest BCUT2D eigenvalue weighted by Crippen LogP contribution is 2.19. The quantitative estimate of drug-likeness (QED) is 0.514. The molecular weight excluding hydrogens is 150 g/mol. The van der Waals surface area contributed by atoms with Crippen molar-refractivity contribution >= 4 is 0 Å². The average Bonchev–Trinajstić information content (AvgIpc) is 2.03. The Morgan fingerprint density at radius 1 is 1.67 bits per heavy atom. The van der Waals surface area contributed by atoms with Gasteiger partial charge < -0.3 is 5.11 Å². The molecular formula is C10H15NO. The van der Waals surface area contributed by atoms with Gasteiger partial charge in [-0.25, -0.2) is 0 Å². The van der Waals surface area contributed by atoms with Crippen LogP contribution in [0.2, 0.25) is 0 Å². The van der Waals surface area contributed by atoms with Crippen LogP contribution in [0, 0.1) is 11.3 Å². The fraction of sp³-hybridized carbons (Fsp3) is 0.500.